The first kappa shape index (κ1) is 14.6. The van der Waals surface area contributed by atoms with Crippen molar-refractivity contribution in [3.63, 3.8) is 0 Å². The molecule has 3 heterocycles. The average molecular weight is 322 g/mol. The fourth-order valence-corrected chi connectivity index (χ4v) is 2.90. The number of rotatable bonds is 4. The second-order valence-corrected chi connectivity index (χ2v) is 6.17. The third-order valence-corrected chi connectivity index (χ3v) is 4.38. The van der Waals surface area contributed by atoms with E-state index in [9.17, 15) is 13.2 Å². The molecule has 1 saturated carbocycles. The molecule has 122 valence electrons. The van der Waals surface area contributed by atoms with Crippen LogP contribution in [0.3, 0.4) is 0 Å². The van der Waals surface area contributed by atoms with Gasteiger partial charge in [-0.05, 0) is 30.4 Å². The smallest absolute Gasteiger partial charge is 0.384 e. The standard InChI is InChI=1S/C16H17F3N4/c17-16(18,19)12-8-22-15-11(14(12)21-6-9-1-2-9)5-13(23-15)10-3-4-20-7-10/h3,5,8-9,20H,1-2,4,6-7H2,(H2,21,22,23). The lowest BCUT2D eigenvalue weighted by atomic mass is 10.1. The minimum absolute atomic E-state index is 0.142. The van der Waals surface area contributed by atoms with Crippen molar-refractivity contribution in [2.24, 2.45) is 5.92 Å². The molecule has 0 aromatic carbocycles. The predicted molar refractivity (Wildman–Crippen MR) is 83.2 cm³/mol. The molecule has 3 N–H and O–H groups in total. The van der Waals surface area contributed by atoms with E-state index in [1.54, 1.807) is 6.07 Å². The van der Waals surface area contributed by atoms with Crippen LogP contribution in [0.4, 0.5) is 18.9 Å². The number of anilines is 1. The Hall–Kier alpha value is -2.02. The van der Waals surface area contributed by atoms with Crippen molar-refractivity contribution in [1.82, 2.24) is 15.3 Å². The Balaban J connectivity index is 1.80. The summed E-state index contributed by atoms with van der Waals surface area (Å²) in [6.07, 6.45) is 0.698. The molecule has 1 fully saturated rings. The molecular formula is C16H17F3N4. The van der Waals surface area contributed by atoms with E-state index >= 15 is 0 Å². The lowest BCUT2D eigenvalue weighted by Gasteiger charge is -2.15. The van der Waals surface area contributed by atoms with Crippen molar-refractivity contribution in [3.05, 3.63) is 29.6 Å². The molecule has 0 radical (unpaired) electrons. The van der Waals surface area contributed by atoms with Crippen molar-refractivity contribution in [2.75, 3.05) is 25.0 Å². The highest BCUT2D eigenvalue weighted by molar-refractivity contribution is 5.94. The predicted octanol–water partition coefficient (Wildman–Crippen LogP) is 3.39. The summed E-state index contributed by atoms with van der Waals surface area (Å²) in [5, 5.41) is 6.70. The quantitative estimate of drug-likeness (QED) is 0.809. The van der Waals surface area contributed by atoms with Crippen LogP contribution >= 0.6 is 0 Å². The van der Waals surface area contributed by atoms with Crippen molar-refractivity contribution >= 4 is 22.3 Å². The number of aromatic amines is 1. The maximum Gasteiger partial charge on any atom is 0.419 e. The van der Waals surface area contributed by atoms with Crippen molar-refractivity contribution in [1.29, 1.82) is 0 Å². The highest BCUT2D eigenvalue weighted by Crippen LogP contribution is 2.40. The van der Waals surface area contributed by atoms with Crippen LogP contribution in [0.25, 0.3) is 16.6 Å². The third-order valence-electron chi connectivity index (χ3n) is 4.38. The van der Waals surface area contributed by atoms with Gasteiger partial charge in [-0.1, -0.05) is 6.08 Å². The molecule has 2 aromatic rings. The topological polar surface area (TPSA) is 52.7 Å². The van der Waals surface area contributed by atoms with E-state index in [2.05, 4.69) is 20.6 Å². The minimum atomic E-state index is -4.42. The van der Waals surface area contributed by atoms with E-state index in [1.165, 1.54) is 0 Å². The average Bonchev–Trinajstić information content (AvgIpc) is 3.00. The number of hydrogen-bond acceptors (Lipinski definition) is 3. The Morgan fingerprint density at radius 2 is 2.13 bits per heavy atom. The molecular weight excluding hydrogens is 305 g/mol. The van der Waals surface area contributed by atoms with Gasteiger partial charge in [-0.2, -0.15) is 13.2 Å². The van der Waals surface area contributed by atoms with Crippen LogP contribution in [0.15, 0.2) is 18.3 Å². The third kappa shape index (κ3) is 2.81. The molecule has 0 amide bonds. The van der Waals surface area contributed by atoms with Crippen molar-refractivity contribution in [3.8, 4) is 0 Å². The first-order valence-electron chi connectivity index (χ1n) is 7.75. The molecule has 4 rings (SSSR count). The van der Waals surface area contributed by atoms with Crippen molar-refractivity contribution in [2.45, 2.75) is 19.0 Å². The monoisotopic (exact) mass is 322 g/mol. The lowest BCUT2D eigenvalue weighted by Crippen LogP contribution is -2.13. The summed E-state index contributed by atoms with van der Waals surface area (Å²) in [5.74, 6) is 0.486. The van der Waals surface area contributed by atoms with E-state index in [-0.39, 0.29) is 5.69 Å². The molecule has 0 unspecified atom stereocenters. The van der Waals surface area contributed by atoms with E-state index in [0.29, 0.717) is 30.0 Å². The Morgan fingerprint density at radius 3 is 2.78 bits per heavy atom. The Morgan fingerprint density at radius 1 is 1.30 bits per heavy atom. The summed E-state index contributed by atoms with van der Waals surface area (Å²) in [5.41, 5.74) is 1.81. The minimum Gasteiger partial charge on any atom is -0.384 e. The van der Waals surface area contributed by atoms with Crippen LogP contribution < -0.4 is 10.6 Å². The number of nitrogens with one attached hydrogen (secondary N) is 3. The summed E-state index contributed by atoms with van der Waals surface area (Å²) in [6.45, 7) is 2.06. The van der Waals surface area contributed by atoms with Gasteiger partial charge in [0.15, 0.2) is 0 Å². The van der Waals surface area contributed by atoms with Gasteiger partial charge in [0.25, 0.3) is 0 Å². The normalized spacial score (nSPS) is 18.5. The molecule has 7 heteroatoms. The van der Waals surface area contributed by atoms with Crippen LogP contribution in [-0.4, -0.2) is 29.6 Å². The number of halogens is 3. The molecule has 2 aromatic heterocycles. The number of hydrogen-bond donors (Lipinski definition) is 3. The highest BCUT2D eigenvalue weighted by atomic mass is 19.4. The van der Waals surface area contributed by atoms with Gasteiger partial charge < -0.3 is 15.6 Å². The number of alkyl halides is 3. The lowest BCUT2D eigenvalue weighted by molar-refractivity contribution is -0.137. The number of H-pyrrole nitrogens is 1. The van der Waals surface area contributed by atoms with Gasteiger partial charge in [0.05, 0.1) is 11.3 Å². The van der Waals surface area contributed by atoms with Gasteiger partial charge in [-0.15, -0.1) is 0 Å². The highest BCUT2D eigenvalue weighted by Gasteiger charge is 2.36. The van der Waals surface area contributed by atoms with Gasteiger partial charge in [0.2, 0.25) is 0 Å². The number of pyridine rings is 1. The SMILES string of the molecule is FC(F)(F)c1cnc2[nH]c(C3=CCNC3)cc2c1NCC1CC1. The van der Waals surface area contributed by atoms with Crippen LogP contribution in [-0.2, 0) is 6.18 Å². The van der Waals surface area contributed by atoms with Gasteiger partial charge in [0.1, 0.15) is 5.65 Å². The van der Waals surface area contributed by atoms with Crippen LogP contribution in [0.1, 0.15) is 24.1 Å². The van der Waals surface area contributed by atoms with Crippen LogP contribution in [0.2, 0.25) is 0 Å². The van der Waals surface area contributed by atoms with E-state index in [1.807, 2.05) is 6.08 Å². The van der Waals surface area contributed by atoms with Gasteiger partial charge in [-0.3, -0.25) is 0 Å². The number of nitrogens with zero attached hydrogens (tertiary/aromatic N) is 1. The summed E-state index contributed by atoms with van der Waals surface area (Å²) >= 11 is 0. The van der Waals surface area contributed by atoms with E-state index < -0.39 is 11.7 Å². The molecule has 0 bridgehead atoms. The number of fused-ring (bicyclic) bond motifs is 1. The maximum atomic E-state index is 13.3. The second kappa shape index (κ2) is 5.26. The molecule has 2 aliphatic rings. The zero-order valence-electron chi connectivity index (χ0n) is 12.4. The molecule has 1 aliphatic heterocycles. The van der Waals surface area contributed by atoms with Gasteiger partial charge in [-0.25, -0.2) is 4.98 Å². The Bertz CT molecular complexity index is 771. The largest absolute Gasteiger partial charge is 0.419 e. The molecule has 0 spiro atoms. The molecule has 0 saturated heterocycles. The summed E-state index contributed by atoms with van der Waals surface area (Å²) in [6, 6.07) is 1.77. The Kier molecular flexibility index (Phi) is 3.33. The van der Waals surface area contributed by atoms with E-state index in [0.717, 1.165) is 36.9 Å². The first-order chi connectivity index (χ1) is 11.0. The van der Waals surface area contributed by atoms with E-state index in [4.69, 9.17) is 0 Å². The maximum absolute atomic E-state index is 13.3. The first-order valence-corrected chi connectivity index (χ1v) is 7.75. The molecule has 4 nitrogen and oxygen atoms in total. The number of aromatic nitrogens is 2. The van der Waals surface area contributed by atoms with Crippen LogP contribution in [0, 0.1) is 5.92 Å². The van der Waals surface area contributed by atoms with Crippen molar-refractivity contribution < 1.29 is 13.2 Å². The summed E-state index contributed by atoms with van der Waals surface area (Å²) in [7, 11) is 0. The van der Waals surface area contributed by atoms with Crippen LogP contribution in [0.5, 0.6) is 0 Å². The molecule has 1 aliphatic carbocycles. The fraction of sp³-hybridized carbons (Fsp3) is 0.438. The zero-order valence-corrected chi connectivity index (χ0v) is 12.4. The molecule has 0 atom stereocenters. The zero-order chi connectivity index (χ0) is 16.0. The Labute approximate surface area is 131 Å². The molecule has 23 heavy (non-hydrogen) atoms. The van der Waals surface area contributed by atoms with Gasteiger partial charge >= 0.3 is 6.18 Å². The van der Waals surface area contributed by atoms with Gasteiger partial charge in [0, 0.05) is 36.9 Å². The second-order valence-electron chi connectivity index (χ2n) is 6.17. The fourth-order valence-electron chi connectivity index (χ4n) is 2.90. The summed E-state index contributed by atoms with van der Waals surface area (Å²) < 4.78 is 39.9. The summed E-state index contributed by atoms with van der Waals surface area (Å²) in [4.78, 5) is 7.11.